The Balaban J connectivity index is 2.06. The molecule has 1 aromatic carbocycles. The normalized spacial score (nSPS) is 12.4. The minimum atomic E-state index is -4.14. The average molecular weight is 367 g/mol. The van der Waals surface area contributed by atoms with Crippen LogP contribution in [0.5, 0.6) is 5.75 Å². The molecule has 0 bridgehead atoms. The summed E-state index contributed by atoms with van der Waals surface area (Å²) in [7, 11) is -2.86. The van der Waals surface area contributed by atoms with E-state index in [0.29, 0.717) is 0 Å². The summed E-state index contributed by atoms with van der Waals surface area (Å²) in [5, 5.41) is 2.61. The van der Waals surface area contributed by atoms with Gasteiger partial charge in [-0.05, 0) is 42.8 Å². The molecule has 0 fully saturated rings. The van der Waals surface area contributed by atoms with Gasteiger partial charge in [0, 0.05) is 18.9 Å². The van der Waals surface area contributed by atoms with Crippen LogP contribution < -0.4 is 14.8 Å². The second-order valence-corrected chi connectivity index (χ2v) is 6.89. The number of hydrogen-bond acceptors (Lipinski definition) is 5. The van der Waals surface area contributed by atoms with E-state index in [0.717, 1.165) is 17.7 Å². The molecule has 0 saturated heterocycles. The van der Waals surface area contributed by atoms with E-state index >= 15 is 0 Å². The van der Waals surface area contributed by atoms with Crippen molar-refractivity contribution >= 4 is 15.9 Å². The highest BCUT2D eigenvalue weighted by Crippen LogP contribution is 2.24. The number of hydrogen-bond donors (Lipinski definition) is 2. The van der Waals surface area contributed by atoms with Crippen LogP contribution in [0.1, 0.15) is 12.5 Å². The Hall–Kier alpha value is -2.52. The SMILES string of the molecule is COc1ccc(F)cc1S(=O)(=O)NC(C)C(=O)NCc1ccncc1. The van der Waals surface area contributed by atoms with Crippen LogP contribution in [-0.4, -0.2) is 32.5 Å². The molecule has 2 N–H and O–H groups in total. The van der Waals surface area contributed by atoms with E-state index < -0.39 is 27.8 Å². The van der Waals surface area contributed by atoms with Crippen LogP contribution in [-0.2, 0) is 21.4 Å². The number of nitrogens with zero attached hydrogens (tertiary/aromatic N) is 1. The highest BCUT2D eigenvalue weighted by Gasteiger charge is 2.25. The van der Waals surface area contributed by atoms with Gasteiger partial charge in [0.25, 0.3) is 0 Å². The van der Waals surface area contributed by atoms with Crippen LogP contribution in [0.15, 0.2) is 47.6 Å². The first-order valence-electron chi connectivity index (χ1n) is 7.36. The molecule has 2 rings (SSSR count). The van der Waals surface area contributed by atoms with Gasteiger partial charge in [0.05, 0.1) is 13.2 Å². The molecule has 1 amide bonds. The zero-order chi connectivity index (χ0) is 18.4. The lowest BCUT2D eigenvalue weighted by atomic mass is 10.2. The summed E-state index contributed by atoms with van der Waals surface area (Å²) in [6.07, 6.45) is 3.17. The van der Waals surface area contributed by atoms with Crippen molar-refractivity contribution in [2.24, 2.45) is 0 Å². The first-order valence-corrected chi connectivity index (χ1v) is 8.84. The molecule has 7 nitrogen and oxygen atoms in total. The molecule has 0 aliphatic rings. The maximum atomic E-state index is 13.4. The largest absolute Gasteiger partial charge is 0.495 e. The topological polar surface area (TPSA) is 97.4 Å². The van der Waals surface area contributed by atoms with Gasteiger partial charge >= 0.3 is 0 Å². The number of nitrogens with one attached hydrogen (secondary N) is 2. The zero-order valence-corrected chi connectivity index (χ0v) is 14.5. The van der Waals surface area contributed by atoms with Crippen molar-refractivity contribution in [2.45, 2.75) is 24.4 Å². The first-order chi connectivity index (χ1) is 11.8. The lowest BCUT2D eigenvalue weighted by molar-refractivity contribution is -0.122. The molecule has 9 heteroatoms. The van der Waals surface area contributed by atoms with E-state index in [4.69, 9.17) is 4.74 Å². The fourth-order valence-corrected chi connectivity index (χ4v) is 3.44. The number of pyridine rings is 1. The van der Waals surface area contributed by atoms with Crippen molar-refractivity contribution < 1.29 is 22.3 Å². The van der Waals surface area contributed by atoms with Gasteiger partial charge in [-0.2, -0.15) is 4.72 Å². The van der Waals surface area contributed by atoms with Crippen LogP contribution in [0.2, 0.25) is 0 Å². The Morgan fingerprint density at radius 2 is 1.96 bits per heavy atom. The monoisotopic (exact) mass is 367 g/mol. The van der Waals surface area contributed by atoms with Gasteiger partial charge in [0.15, 0.2) is 0 Å². The van der Waals surface area contributed by atoms with E-state index in [1.54, 1.807) is 24.5 Å². The third kappa shape index (κ3) is 4.97. The Labute approximate surface area is 145 Å². The zero-order valence-electron chi connectivity index (χ0n) is 13.7. The Morgan fingerprint density at radius 1 is 1.28 bits per heavy atom. The number of carbonyl (C=O) groups excluding carboxylic acids is 1. The van der Waals surface area contributed by atoms with Gasteiger partial charge in [-0.15, -0.1) is 0 Å². The number of rotatable bonds is 7. The molecular formula is C16H18FN3O4S. The Morgan fingerprint density at radius 3 is 2.60 bits per heavy atom. The predicted molar refractivity (Wildman–Crippen MR) is 88.8 cm³/mol. The molecule has 0 spiro atoms. The van der Waals surface area contributed by atoms with E-state index in [9.17, 15) is 17.6 Å². The summed E-state index contributed by atoms with van der Waals surface area (Å²) in [6, 6.07) is 5.53. The molecule has 0 aliphatic heterocycles. The molecule has 25 heavy (non-hydrogen) atoms. The fourth-order valence-electron chi connectivity index (χ4n) is 2.05. The third-order valence-corrected chi connectivity index (χ3v) is 4.92. The lowest BCUT2D eigenvalue weighted by Crippen LogP contribution is -2.44. The second-order valence-electron chi connectivity index (χ2n) is 5.21. The number of sulfonamides is 1. The van der Waals surface area contributed by atoms with Crippen LogP contribution >= 0.6 is 0 Å². The van der Waals surface area contributed by atoms with Gasteiger partial charge in [-0.25, -0.2) is 12.8 Å². The van der Waals surface area contributed by atoms with Gasteiger partial charge in [-0.1, -0.05) is 0 Å². The van der Waals surface area contributed by atoms with Crippen molar-refractivity contribution in [2.75, 3.05) is 7.11 Å². The van der Waals surface area contributed by atoms with E-state index in [1.165, 1.54) is 20.1 Å². The standard InChI is InChI=1S/C16H18FN3O4S/c1-11(16(21)19-10-12-5-7-18-8-6-12)20-25(22,23)15-9-13(17)3-4-14(15)24-2/h3-9,11,20H,10H2,1-2H3,(H,19,21). The maximum Gasteiger partial charge on any atom is 0.245 e. The maximum absolute atomic E-state index is 13.4. The average Bonchev–Trinajstić information content (AvgIpc) is 2.60. The summed E-state index contributed by atoms with van der Waals surface area (Å²) in [4.78, 5) is 15.6. The van der Waals surface area contributed by atoms with Crippen molar-refractivity contribution in [3.05, 3.63) is 54.1 Å². The van der Waals surface area contributed by atoms with E-state index in [1.807, 2.05) is 0 Å². The Bertz CT molecular complexity index is 844. The van der Waals surface area contributed by atoms with Crippen LogP contribution in [0.25, 0.3) is 0 Å². The van der Waals surface area contributed by atoms with Gasteiger partial charge in [0.2, 0.25) is 15.9 Å². The number of benzene rings is 1. The van der Waals surface area contributed by atoms with E-state index in [-0.39, 0.29) is 17.2 Å². The molecule has 1 heterocycles. The van der Waals surface area contributed by atoms with Crippen molar-refractivity contribution in [1.82, 2.24) is 15.0 Å². The number of aromatic nitrogens is 1. The first kappa shape index (κ1) is 18.8. The fraction of sp³-hybridized carbons (Fsp3) is 0.250. The summed E-state index contributed by atoms with van der Waals surface area (Å²) in [5.41, 5.74) is 0.824. The van der Waals surface area contributed by atoms with Crippen LogP contribution in [0.4, 0.5) is 4.39 Å². The number of amides is 1. The highest BCUT2D eigenvalue weighted by molar-refractivity contribution is 7.89. The molecule has 1 aromatic heterocycles. The van der Waals surface area contributed by atoms with Crippen molar-refractivity contribution in [3.8, 4) is 5.75 Å². The van der Waals surface area contributed by atoms with E-state index in [2.05, 4.69) is 15.0 Å². The summed E-state index contributed by atoms with van der Waals surface area (Å²) >= 11 is 0. The molecule has 0 saturated carbocycles. The molecule has 1 unspecified atom stereocenters. The van der Waals surface area contributed by atoms with Crippen LogP contribution in [0, 0.1) is 5.82 Å². The van der Waals surface area contributed by atoms with Gasteiger partial charge in [-0.3, -0.25) is 9.78 Å². The smallest absolute Gasteiger partial charge is 0.245 e. The van der Waals surface area contributed by atoms with Gasteiger partial charge < -0.3 is 10.1 Å². The minimum Gasteiger partial charge on any atom is -0.495 e. The molecule has 0 aliphatic carbocycles. The number of methoxy groups -OCH3 is 1. The minimum absolute atomic E-state index is 0.0155. The number of ether oxygens (including phenoxy) is 1. The second kappa shape index (κ2) is 8.04. The van der Waals surface area contributed by atoms with Crippen LogP contribution in [0.3, 0.4) is 0 Å². The lowest BCUT2D eigenvalue weighted by Gasteiger charge is -2.16. The Kier molecular flexibility index (Phi) is 6.05. The molecular weight excluding hydrogens is 349 g/mol. The predicted octanol–water partition coefficient (Wildman–Crippen LogP) is 1.21. The molecule has 0 radical (unpaired) electrons. The third-order valence-electron chi connectivity index (χ3n) is 3.36. The summed E-state index contributed by atoms with van der Waals surface area (Å²) < 4.78 is 45.4. The summed E-state index contributed by atoms with van der Waals surface area (Å²) in [5.74, 6) is -1.26. The molecule has 1 atom stereocenters. The molecule has 134 valence electrons. The quantitative estimate of drug-likeness (QED) is 0.767. The van der Waals surface area contributed by atoms with Crippen molar-refractivity contribution in [1.29, 1.82) is 0 Å². The molecule has 2 aromatic rings. The number of carbonyl (C=O) groups is 1. The van der Waals surface area contributed by atoms with Crippen molar-refractivity contribution in [3.63, 3.8) is 0 Å². The highest BCUT2D eigenvalue weighted by atomic mass is 32.2. The van der Waals surface area contributed by atoms with Gasteiger partial charge in [0.1, 0.15) is 16.5 Å². The summed E-state index contributed by atoms with van der Waals surface area (Å²) in [6.45, 7) is 1.63. The number of halogens is 1.